The molecule has 20 heavy (non-hydrogen) atoms. The maximum atomic E-state index is 11.6. The van der Waals surface area contributed by atoms with Crippen molar-refractivity contribution in [2.45, 2.75) is 45.6 Å². The van der Waals surface area contributed by atoms with Crippen molar-refractivity contribution in [3.8, 4) is 0 Å². The predicted molar refractivity (Wildman–Crippen MR) is 76.5 cm³/mol. The van der Waals surface area contributed by atoms with E-state index in [0.717, 1.165) is 32.4 Å². The summed E-state index contributed by atoms with van der Waals surface area (Å²) in [6, 6.07) is 0. The number of hydrogen-bond donors (Lipinski definition) is 3. The van der Waals surface area contributed by atoms with Gasteiger partial charge in [-0.3, -0.25) is 0 Å². The highest BCUT2D eigenvalue weighted by atomic mass is 32.2. The molecule has 0 spiro atoms. The SMILES string of the molecule is CC(C)(C)OC(=O)NS(=O)(=O)NCCC1CCNCC1. The van der Waals surface area contributed by atoms with Gasteiger partial charge in [-0.05, 0) is 59.0 Å². The molecule has 0 radical (unpaired) electrons. The van der Waals surface area contributed by atoms with Crippen molar-refractivity contribution in [1.29, 1.82) is 0 Å². The summed E-state index contributed by atoms with van der Waals surface area (Å²) in [5.74, 6) is 0.528. The molecule has 0 aromatic carbocycles. The third-order valence-electron chi connectivity index (χ3n) is 2.92. The zero-order chi connectivity index (χ0) is 15.2. The first-order chi connectivity index (χ1) is 9.18. The Morgan fingerprint density at radius 3 is 2.45 bits per heavy atom. The van der Waals surface area contributed by atoms with Crippen LogP contribution in [0.5, 0.6) is 0 Å². The fourth-order valence-electron chi connectivity index (χ4n) is 2.01. The van der Waals surface area contributed by atoms with Crippen molar-refractivity contribution >= 4 is 16.3 Å². The van der Waals surface area contributed by atoms with Gasteiger partial charge in [0.15, 0.2) is 0 Å². The molecule has 1 saturated heterocycles. The lowest BCUT2D eigenvalue weighted by atomic mass is 9.95. The fraction of sp³-hybridized carbons (Fsp3) is 0.917. The molecule has 3 N–H and O–H groups in total. The first-order valence-electron chi connectivity index (χ1n) is 6.89. The number of carbonyl (C=O) groups excluding carboxylic acids is 1. The highest BCUT2D eigenvalue weighted by Gasteiger charge is 2.21. The smallest absolute Gasteiger partial charge is 0.422 e. The van der Waals surface area contributed by atoms with E-state index in [0.29, 0.717) is 12.5 Å². The van der Waals surface area contributed by atoms with E-state index < -0.39 is 21.9 Å². The van der Waals surface area contributed by atoms with Gasteiger partial charge >= 0.3 is 16.3 Å². The number of amides is 1. The van der Waals surface area contributed by atoms with Gasteiger partial charge in [0.05, 0.1) is 0 Å². The van der Waals surface area contributed by atoms with E-state index in [9.17, 15) is 13.2 Å². The third-order valence-corrected chi connectivity index (χ3v) is 3.94. The van der Waals surface area contributed by atoms with Gasteiger partial charge in [0, 0.05) is 6.54 Å². The molecule has 1 fully saturated rings. The summed E-state index contributed by atoms with van der Waals surface area (Å²) >= 11 is 0. The van der Waals surface area contributed by atoms with Crippen LogP contribution in [0.25, 0.3) is 0 Å². The van der Waals surface area contributed by atoms with Crippen molar-refractivity contribution in [3.05, 3.63) is 0 Å². The zero-order valence-corrected chi connectivity index (χ0v) is 13.2. The van der Waals surface area contributed by atoms with Crippen LogP contribution < -0.4 is 14.8 Å². The molecule has 118 valence electrons. The number of ether oxygens (including phenoxy) is 1. The lowest BCUT2D eigenvalue weighted by Crippen LogP contribution is -2.43. The Morgan fingerprint density at radius 1 is 1.30 bits per heavy atom. The molecular weight excluding hydrogens is 282 g/mol. The molecule has 0 atom stereocenters. The van der Waals surface area contributed by atoms with Gasteiger partial charge in [0.2, 0.25) is 0 Å². The van der Waals surface area contributed by atoms with Gasteiger partial charge in [-0.25, -0.2) is 9.52 Å². The van der Waals surface area contributed by atoms with E-state index in [4.69, 9.17) is 4.74 Å². The Labute approximate surface area is 121 Å². The average molecular weight is 307 g/mol. The van der Waals surface area contributed by atoms with E-state index in [1.54, 1.807) is 20.8 Å². The van der Waals surface area contributed by atoms with Crippen LogP contribution >= 0.6 is 0 Å². The monoisotopic (exact) mass is 307 g/mol. The van der Waals surface area contributed by atoms with E-state index in [1.165, 1.54) is 0 Å². The molecule has 7 nitrogen and oxygen atoms in total. The highest BCUT2D eigenvalue weighted by Crippen LogP contribution is 2.14. The maximum Gasteiger partial charge on any atom is 0.422 e. The molecule has 0 saturated carbocycles. The third kappa shape index (κ3) is 7.66. The van der Waals surface area contributed by atoms with Gasteiger partial charge in [-0.1, -0.05) is 0 Å². The van der Waals surface area contributed by atoms with E-state index in [1.807, 2.05) is 4.72 Å². The normalized spacial score (nSPS) is 17.8. The number of hydrogen-bond acceptors (Lipinski definition) is 5. The fourth-order valence-corrected chi connectivity index (χ4v) is 2.73. The van der Waals surface area contributed by atoms with Gasteiger partial charge in [0.1, 0.15) is 5.60 Å². The Kier molecular flexibility index (Phi) is 6.22. The van der Waals surface area contributed by atoms with E-state index >= 15 is 0 Å². The number of rotatable bonds is 5. The van der Waals surface area contributed by atoms with Crippen molar-refractivity contribution in [2.75, 3.05) is 19.6 Å². The van der Waals surface area contributed by atoms with E-state index in [2.05, 4.69) is 10.0 Å². The van der Waals surface area contributed by atoms with Gasteiger partial charge < -0.3 is 10.1 Å². The van der Waals surface area contributed by atoms with Crippen LogP contribution in [0.3, 0.4) is 0 Å². The molecule has 1 aliphatic heterocycles. The van der Waals surface area contributed by atoms with Crippen LogP contribution in [-0.4, -0.2) is 39.7 Å². The first-order valence-corrected chi connectivity index (χ1v) is 8.37. The lowest BCUT2D eigenvalue weighted by molar-refractivity contribution is 0.0569. The Morgan fingerprint density at radius 2 is 1.90 bits per heavy atom. The minimum Gasteiger partial charge on any atom is -0.443 e. The molecule has 0 bridgehead atoms. The summed E-state index contributed by atoms with van der Waals surface area (Å²) in [6.45, 7) is 7.29. The molecule has 8 heteroatoms. The second kappa shape index (κ2) is 7.24. The lowest BCUT2D eigenvalue weighted by Gasteiger charge is -2.22. The molecule has 1 amide bonds. The summed E-state index contributed by atoms with van der Waals surface area (Å²) in [7, 11) is -3.84. The minimum atomic E-state index is -3.84. The molecule has 0 aromatic rings. The second-order valence-electron chi connectivity index (χ2n) is 5.98. The molecule has 1 heterocycles. The van der Waals surface area contributed by atoms with Crippen molar-refractivity contribution in [3.63, 3.8) is 0 Å². The molecule has 0 unspecified atom stereocenters. The number of nitrogens with one attached hydrogen (secondary N) is 3. The Hall–Kier alpha value is -0.860. The second-order valence-corrected chi connectivity index (χ2v) is 7.48. The maximum absolute atomic E-state index is 11.6. The minimum absolute atomic E-state index is 0.322. The summed E-state index contributed by atoms with van der Waals surface area (Å²) in [4.78, 5) is 11.4. The Bertz CT molecular complexity index is 411. The molecule has 0 aromatic heterocycles. The molecule has 1 aliphatic rings. The first kappa shape index (κ1) is 17.2. The summed E-state index contributed by atoms with van der Waals surface area (Å²) in [6.07, 6.45) is 1.92. The number of carbonyl (C=O) groups is 1. The molecule has 0 aliphatic carbocycles. The summed E-state index contributed by atoms with van der Waals surface area (Å²) in [5.41, 5.74) is -0.727. The van der Waals surface area contributed by atoms with Crippen LogP contribution in [0.4, 0.5) is 4.79 Å². The van der Waals surface area contributed by atoms with Crippen molar-refractivity contribution < 1.29 is 17.9 Å². The van der Waals surface area contributed by atoms with Gasteiger partial charge in [0.25, 0.3) is 0 Å². The van der Waals surface area contributed by atoms with Crippen LogP contribution in [-0.2, 0) is 14.9 Å². The van der Waals surface area contributed by atoms with Gasteiger partial charge in [-0.2, -0.15) is 13.1 Å². The van der Waals surface area contributed by atoms with Crippen LogP contribution in [0.2, 0.25) is 0 Å². The summed E-state index contributed by atoms with van der Waals surface area (Å²) in [5, 5.41) is 3.26. The van der Waals surface area contributed by atoms with Gasteiger partial charge in [-0.15, -0.1) is 0 Å². The quantitative estimate of drug-likeness (QED) is 0.696. The molecular formula is C12H25N3O4S. The van der Waals surface area contributed by atoms with Crippen molar-refractivity contribution in [1.82, 2.24) is 14.8 Å². The standard InChI is InChI=1S/C12H25N3O4S/c1-12(2,3)19-11(16)15-20(17,18)14-9-6-10-4-7-13-8-5-10/h10,13-14H,4-9H2,1-3H3,(H,15,16). The molecule has 1 rings (SSSR count). The topological polar surface area (TPSA) is 96.5 Å². The summed E-state index contributed by atoms with van der Waals surface area (Å²) < 4.78 is 32.4. The van der Waals surface area contributed by atoms with Crippen molar-refractivity contribution in [2.24, 2.45) is 5.92 Å². The Balaban J connectivity index is 2.28. The van der Waals surface area contributed by atoms with Crippen LogP contribution in [0, 0.1) is 5.92 Å². The van der Waals surface area contributed by atoms with Crippen LogP contribution in [0.15, 0.2) is 0 Å². The van der Waals surface area contributed by atoms with E-state index in [-0.39, 0.29) is 0 Å². The largest absolute Gasteiger partial charge is 0.443 e. The average Bonchev–Trinajstić information content (AvgIpc) is 2.26. The predicted octanol–water partition coefficient (Wildman–Crippen LogP) is 0.735. The zero-order valence-electron chi connectivity index (χ0n) is 12.4. The van der Waals surface area contributed by atoms with Crippen LogP contribution in [0.1, 0.15) is 40.0 Å². The number of piperidine rings is 1. The highest BCUT2D eigenvalue weighted by molar-refractivity contribution is 7.88.